The summed E-state index contributed by atoms with van der Waals surface area (Å²) in [5, 5.41) is 3.77. The van der Waals surface area contributed by atoms with Crippen molar-refractivity contribution >= 4 is 15.9 Å². The monoisotopic (exact) mass is 325 g/mol. The van der Waals surface area contributed by atoms with Gasteiger partial charge in [-0.3, -0.25) is 0 Å². The molecular weight excluding hydrogens is 302 g/mol. The van der Waals surface area contributed by atoms with Crippen molar-refractivity contribution in [3.8, 4) is 5.75 Å². The van der Waals surface area contributed by atoms with Gasteiger partial charge in [-0.2, -0.15) is 0 Å². The van der Waals surface area contributed by atoms with E-state index in [2.05, 4.69) is 47.2 Å². The molecule has 19 heavy (non-hydrogen) atoms. The molecule has 2 rings (SSSR count). The van der Waals surface area contributed by atoms with E-state index >= 15 is 0 Å². The fraction of sp³-hybridized carbons (Fsp3) is 0.625. The van der Waals surface area contributed by atoms with E-state index in [9.17, 15) is 0 Å². The van der Waals surface area contributed by atoms with Crippen LogP contribution in [0.5, 0.6) is 5.75 Å². The summed E-state index contributed by atoms with van der Waals surface area (Å²) in [5.74, 6) is 1.75. The van der Waals surface area contributed by atoms with Gasteiger partial charge in [0, 0.05) is 12.1 Å². The Labute approximate surface area is 125 Å². The maximum absolute atomic E-state index is 5.28. The summed E-state index contributed by atoms with van der Waals surface area (Å²) in [7, 11) is 1.70. The summed E-state index contributed by atoms with van der Waals surface area (Å²) in [4.78, 5) is 0. The molecule has 1 saturated carbocycles. The van der Waals surface area contributed by atoms with Gasteiger partial charge in [-0.15, -0.1) is 0 Å². The van der Waals surface area contributed by atoms with Gasteiger partial charge in [0.15, 0.2) is 0 Å². The van der Waals surface area contributed by atoms with Crippen LogP contribution in [-0.4, -0.2) is 13.2 Å². The molecule has 1 aromatic rings. The predicted octanol–water partition coefficient (Wildman–Crippen LogP) is 4.69. The number of ether oxygens (including phenoxy) is 1. The molecule has 1 fully saturated rings. The summed E-state index contributed by atoms with van der Waals surface area (Å²) < 4.78 is 6.30. The summed E-state index contributed by atoms with van der Waals surface area (Å²) >= 11 is 3.56. The number of rotatable bonds is 4. The largest absolute Gasteiger partial charge is 0.496 e. The molecule has 1 N–H and O–H groups in total. The molecule has 3 heteroatoms. The van der Waals surface area contributed by atoms with E-state index in [4.69, 9.17) is 4.74 Å². The van der Waals surface area contributed by atoms with E-state index < -0.39 is 0 Å². The van der Waals surface area contributed by atoms with Gasteiger partial charge in [-0.1, -0.05) is 25.8 Å². The van der Waals surface area contributed by atoms with Crippen molar-refractivity contribution in [1.82, 2.24) is 5.32 Å². The standard InChI is InChI=1S/C16H24BrNO/c1-11-5-4-6-14(9-11)18-12(2)13-7-8-16(19-3)15(17)10-13/h7-8,10-12,14,18H,4-6,9H2,1-3H3. The molecule has 2 nitrogen and oxygen atoms in total. The van der Waals surface area contributed by atoms with Gasteiger partial charge in [0.1, 0.15) is 5.75 Å². The number of hydrogen-bond donors (Lipinski definition) is 1. The third-order valence-corrected chi connectivity index (χ3v) is 4.72. The Morgan fingerprint density at radius 3 is 2.79 bits per heavy atom. The van der Waals surface area contributed by atoms with Crippen LogP contribution in [-0.2, 0) is 0 Å². The third-order valence-electron chi connectivity index (χ3n) is 4.10. The van der Waals surface area contributed by atoms with Crippen molar-refractivity contribution in [3.05, 3.63) is 28.2 Å². The van der Waals surface area contributed by atoms with Crippen LogP contribution in [0.1, 0.15) is 51.1 Å². The minimum Gasteiger partial charge on any atom is -0.496 e. The lowest BCUT2D eigenvalue weighted by Gasteiger charge is -2.30. The number of hydrogen-bond acceptors (Lipinski definition) is 2. The van der Waals surface area contributed by atoms with Crippen molar-refractivity contribution in [3.63, 3.8) is 0 Å². The van der Waals surface area contributed by atoms with Crippen LogP contribution in [0.4, 0.5) is 0 Å². The van der Waals surface area contributed by atoms with Gasteiger partial charge >= 0.3 is 0 Å². The van der Waals surface area contributed by atoms with E-state index in [0.29, 0.717) is 12.1 Å². The molecule has 0 heterocycles. The Bertz CT molecular complexity index is 421. The highest BCUT2D eigenvalue weighted by Gasteiger charge is 2.20. The minimum absolute atomic E-state index is 0.387. The van der Waals surface area contributed by atoms with E-state index in [1.54, 1.807) is 7.11 Å². The Kier molecular flexibility index (Phi) is 5.28. The molecule has 0 amide bonds. The van der Waals surface area contributed by atoms with Crippen molar-refractivity contribution < 1.29 is 4.74 Å². The lowest BCUT2D eigenvalue weighted by molar-refractivity contribution is 0.285. The summed E-state index contributed by atoms with van der Waals surface area (Å²) in [6, 6.07) is 7.38. The number of benzene rings is 1. The van der Waals surface area contributed by atoms with E-state index in [1.807, 2.05) is 6.07 Å². The molecular formula is C16H24BrNO. The van der Waals surface area contributed by atoms with Crippen LogP contribution < -0.4 is 10.1 Å². The van der Waals surface area contributed by atoms with Crippen LogP contribution in [0.15, 0.2) is 22.7 Å². The average molecular weight is 326 g/mol. The first-order valence-corrected chi connectivity index (χ1v) is 7.99. The first kappa shape index (κ1) is 14.9. The van der Waals surface area contributed by atoms with Gasteiger partial charge in [0.05, 0.1) is 11.6 Å². The van der Waals surface area contributed by atoms with Crippen molar-refractivity contribution in [2.75, 3.05) is 7.11 Å². The van der Waals surface area contributed by atoms with E-state index in [0.717, 1.165) is 16.1 Å². The maximum Gasteiger partial charge on any atom is 0.133 e. The molecule has 0 bridgehead atoms. The zero-order chi connectivity index (χ0) is 13.8. The van der Waals surface area contributed by atoms with Gasteiger partial charge < -0.3 is 10.1 Å². The second-order valence-electron chi connectivity index (χ2n) is 5.75. The summed E-state index contributed by atoms with van der Waals surface area (Å²) in [6.07, 6.45) is 5.37. The molecule has 0 aliphatic heterocycles. The highest BCUT2D eigenvalue weighted by molar-refractivity contribution is 9.10. The highest BCUT2D eigenvalue weighted by Crippen LogP contribution is 2.30. The molecule has 0 radical (unpaired) electrons. The summed E-state index contributed by atoms with van der Waals surface area (Å²) in [5.41, 5.74) is 1.31. The molecule has 0 spiro atoms. The smallest absolute Gasteiger partial charge is 0.133 e. The number of methoxy groups -OCH3 is 1. The zero-order valence-corrected chi connectivity index (χ0v) is 13.7. The fourth-order valence-corrected chi connectivity index (χ4v) is 3.55. The molecule has 0 saturated heterocycles. The maximum atomic E-state index is 5.28. The van der Waals surface area contributed by atoms with Crippen molar-refractivity contribution in [2.24, 2.45) is 5.92 Å². The predicted molar refractivity (Wildman–Crippen MR) is 83.7 cm³/mol. The number of halogens is 1. The minimum atomic E-state index is 0.387. The lowest BCUT2D eigenvalue weighted by Crippen LogP contribution is -2.35. The normalized spacial score (nSPS) is 25.1. The van der Waals surface area contributed by atoms with Gasteiger partial charge in [0.2, 0.25) is 0 Å². The van der Waals surface area contributed by atoms with Crippen molar-refractivity contribution in [1.29, 1.82) is 0 Å². The number of nitrogens with one attached hydrogen (secondary N) is 1. The molecule has 106 valence electrons. The SMILES string of the molecule is COc1ccc(C(C)NC2CCCC(C)C2)cc1Br. The Balaban J connectivity index is 1.99. The Morgan fingerprint density at radius 1 is 1.37 bits per heavy atom. The molecule has 3 unspecified atom stereocenters. The molecule has 1 aliphatic rings. The van der Waals surface area contributed by atoms with Gasteiger partial charge in [0.25, 0.3) is 0 Å². The second-order valence-corrected chi connectivity index (χ2v) is 6.61. The van der Waals surface area contributed by atoms with Gasteiger partial charge in [-0.05, 0) is 59.3 Å². The second kappa shape index (κ2) is 6.76. The summed E-state index contributed by atoms with van der Waals surface area (Å²) in [6.45, 7) is 4.61. The molecule has 1 aliphatic carbocycles. The van der Waals surface area contributed by atoms with Crippen molar-refractivity contribution in [2.45, 2.75) is 51.6 Å². The first-order chi connectivity index (χ1) is 9.10. The fourth-order valence-electron chi connectivity index (χ4n) is 2.99. The Hall–Kier alpha value is -0.540. The Morgan fingerprint density at radius 2 is 2.16 bits per heavy atom. The average Bonchev–Trinajstić information content (AvgIpc) is 2.38. The molecule has 3 atom stereocenters. The lowest BCUT2D eigenvalue weighted by atomic mass is 9.86. The van der Waals surface area contributed by atoms with Crippen LogP contribution in [0.3, 0.4) is 0 Å². The van der Waals surface area contributed by atoms with Gasteiger partial charge in [-0.25, -0.2) is 0 Å². The van der Waals surface area contributed by atoms with Crippen LogP contribution in [0.25, 0.3) is 0 Å². The third kappa shape index (κ3) is 3.96. The topological polar surface area (TPSA) is 21.3 Å². The molecule has 0 aromatic heterocycles. The quantitative estimate of drug-likeness (QED) is 0.867. The first-order valence-electron chi connectivity index (χ1n) is 7.19. The highest BCUT2D eigenvalue weighted by atomic mass is 79.9. The van der Waals surface area contributed by atoms with Crippen LogP contribution in [0, 0.1) is 5.92 Å². The molecule has 1 aromatic carbocycles. The van der Waals surface area contributed by atoms with Crippen LogP contribution >= 0.6 is 15.9 Å². The zero-order valence-electron chi connectivity index (χ0n) is 12.1. The van der Waals surface area contributed by atoms with Crippen LogP contribution in [0.2, 0.25) is 0 Å². The van der Waals surface area contributed by atoms with E-state index in [-0.39, 0.29) is 0 Å². The van der Waals surface area contributed by atoms with E-state index in [1.165, 1.54) is 31.2 Å².